The van der Waals surface area contributed by atoms with E-state index in [1.165, 1.54) is 24.5 Å². The first-order valence-electron chi connectivity index (χ1n) is 5.94. The van der Waals surface area contributed by atoms with Crippen LogP contribution in [0.1, 0.15) is 21.5 Å². The molecule has 0 fully saturated rings. The minimum atomic E-state index is -0.420. The van der Waals surface area contributed by atoms with Gasteiger partial charge in [-0.05, 0) is 40.5 Å². The lowest BCUT2D eigenvalue weighted by Crippen LogP contribution is -2.17. The number of phenols is 2. The molecule has 21 heavy (non-hydrogen) atoms. The minimum absolute atomic E-state index is 0.0357. The highest BCUT2D eigenvalue weighted by molar-refractivity contribution is 9.10. The lowest BCUT2D eigenvalue weighted by atomic mass is 10.1. The second kappa shape index (κ2) is 6.36. The van der Waals surface area contributed by atoms with Gasteiger partial charge in [-0.2, -0.15) is 5.10 Å². The van der Waals surface area contributed by atoms with Crippen LogP contribution in [0.2, 0.25) is 0 Å². The first-order valence-corrected chi connectivity index (χ1v) is 6.73. The first kappa shape index (κ1) is 15.0. The van der Waals surface area contributed by atoms with Crippen LogP contribution in [-0.2, 0) is 0 Å². The van der Waals surface area contributed by atoms with Crippen LogP contribution in [0.15, 0.2) is 40.2 Å². The molecule has 2 aromatic rings. The van der Waals surface area contributed by atoms with Crippen LogP contribution >= 0.6 is 15.9 Å². The van der Waals surface area contributed by atoms with Crippen molar-refractivity contribution in [3.05, 3.63) is 51.8 Å². The fraction of sp³-hybridized carbons (Fsp3) is 0.0714. The lowest BCUT2D eigenvalue weighted by Gasteiger charge is -2.04. The fourth-order valence-electron chi connectivity index (χ4n) is 1.69. The van der Waals surface area contributed by atoms with E-state index < -0.39 is 5.91 Å². The zero-order valence-electron chi connectivity index (χ0n) is 11.0. The Morgan fingerprint density at radius 1 is 1.33 bits per heavy atom. The first-order chi connectivity index (χ1) is 9.97. The predicted molar refractivity (Wildman–Crippen MR) is 81.5 cm³/mol. The quantitative estimate of drug-likeness (QED) is 0.585. The maximum atomic E-state index is 11.8. The molecule has 6 nitrogen and oxygen atoms in total. The molecule has 0 aliphatic heterocycles. The third kappa shape index (κ3) is 3.79. The van der Waals surface area contributed by atoms with Crippen molar-refractivity contribution < 1.29 is 15.0 Å². The van der Waals surface area contributed by atoms with Gasteiger partial charge in [-0.25, -0.2) is 5.43 Å². The van der Waals surface area contributed by atoms with Crippen LogP contribution in [0.3, 0.4) is 0 Å². The van der Waals surface area contributed by atoms with Crippen LogP contribution in [0.25, 0.3) is 0 Å². The molecule has 2 rings (SSSR count). The molecule has 0 radical (unpaired) electrons. The number of carbonyl (C=O) groups is 1. The fourth-order valence-corrected chi connectivity index (χ4v) is 2.05. The van der Waals surface area contributed by atoms with Crippen molar-refractivity contribution >= 4 is 28.1 Å². The normalized spacial score (nSPS) is 10.8. The summed E-state index contributed by atoms with van der Waals surface area (Å²) in [4.78, 5) is 15.7. The number of halogens is 1. The molecule has 0 unspecified atom stereocenters. The number of aromatic hydroxyl groups is 2. The van der Waals surface area contributed by atoms with Crippen LogP contribution in [0, 0.1) is 6.92 Å². The Morgan fingerprint density at radius 2 is 2.10 bits per heavy atom. The van der Waals surface area contributed by atoms with Crippen LogP contribution in [0.4, 0.5) is 0 Å². The molecule has 0 aliphatic rings. The van der Waals surface area contributed by atoms with Crippen molar-refractivity contribution in [3.8, 4) is 11.5 Å². The molecule has 0 spiro atoms. The van der Waals surface area contributed by atoms with Gasteiger partial charge in [-0.3, -0.25) is 9.78 Å². The second-order valence-corrected chi connectivity index (χ2v) is 5.20. The number of nitrogens with zero attached hydrogens (tertiary/aromatic N) is 2. The molecule has 3 N–H and O–H groups in total. The van der Waals surface area contributed by atoms with Gasteiger partial charge >= 0.3 is 0 Å². The number of hydrogen-bond donors (Lipinski definition) is 3. The summed E-state index contributed by atoms with van der Waals surface area (Å²) in [6, 6.07) is 4.30. The molecule has 7 heteroatoms. The molecular weight excluding hydrogens is 338 g/mol. The highest BCUT2D eigenvalue weighted by atomic mass is 79.9. The minimum Gasteiger partial charge on any atom is -0.508 e. The molecule has 1 aromatic heterocycles. The van der Waals surface area contributed by atoms with E-state index in [9.17, 15) is 15.0 Å². The predicted octanol–water partition coefficient (Wildman–Crippen LogP) is 2.33. The Bertz CT molecular complexity index is 693. The Hall–Kier alpha value is -2.41. The number of hydrazone groups is 1. The van der Waals surface area contributed by atoms with Gasteiger partial charge in [-0.15, -0.1) is 0 Å². The third-order valence-corrected chi connectivity index (χ3v) is 3.11. The smallest absolute Gasteiger partial charge is 0.272 e. The van der Waals surface area contributed by atoms with E-state index in [-0.39, 0.29) is 11.5 Å². The maximum absolute atomic E-state index is 11.8. The van der Waals surface area contributed by atoms with Crippen molar-refractivity contribution in [2.75, 3.05) is 0 Å². The van der Waals surface area contributed by atoms with Gasteiger partial charge in [0.1, 0.15) is 11.5 Å². The molecule has 0 saturated heterocycles. The summed E-state index contributed by atoms with van der Waals surface area (Å²) in [6.07, 6.45) is 4.30. The molecule has 1 aromatic carbocycles. The monoisotopic (exact) mass is 349 g/mol. The third-order valence-electron chi connectivity index (χ3n) is 2.68. The van der Waals surface area contributed by atoms with E-state index in [2.05, 4.69) is 31.4 Å². The van der Waals surface area contributed by atoms with Crippen molar-refractivity contribution in [1.29, 1.82) is 0 Å². The Labute approximate surface area is 129 Å². The van der Waals surface area contributed by atoms with Crippen molar-refractivity contribution in [1.82, 2.24) is 10.4 Å². The van der Waals surface area contributed by atoms with E-state index >= 15 is 0 Å². The molecule has 0 atom stereocenters. The van der Waals surface area contributed by atoms with Gasteiger partial charge in [0.05, 0.1) is 11.8 Å². The van der Waals surface area contributed by atoms with Gasteiger partial charge in [0.2, 0.25) is 0 Å². The van der Waals surface area contributed by atoms with Gasteiger partial charge in [0.15, 0.2) is 0 Å². The molecular formula is C14H12BrN3O3. The summed E-state index contributed by atoms with van der Waals surface area (Å²) in [5.74, 6) is -0.572. The van der Waals surface area contributed by atoms with E-state index in [0.29, 0.717) is 21.2 Å². The van der Waals surface area contributed by atoms with Gasteiger partial charge in [-0.1, -0.05) is 0 Å². The van der Waals surface area contributed by atoms with Gasteiger partial charge < -0.3 is 10.2 Å². The number of benzene rings is 1. The number of pyridine rings is 1. The Balaban J connectivity index is 2.11. The summed E-state index contributed by atoms with van der Waals surface area (Å²) in [5, 5.41) is 22.8. The lowest BCUT2D eigenvalue weighted by molar-refractivity contribution is 0.0954. The van der Waals surface area contributed by atoms with E-state index in [4.69, 9.17) is 0 Å². The number of phenolic OH excluding ortho intramolecular Hbond substituents is 2. The SMILES string of the molecule is Cc1cc(O)cc(O)c1/C=N/NC(=O)c1cncc(Br)c1. The van der Waals surface area contributed by atoms with E-state index in [1.807, 2.05) is 0 Å². The zero-order valence-corrected chi connectivity index (χ0v) is 12.6. The number of aromatic nitrogens is 1. The molecule has 0 bridgehead atoms. The Kier molecular flexibility index (Phi) is 4.54. The molecule has 1 heterocycles. The van der Waals surface area contributed by atoms with Crippen molar-refractivity contribution in [2.45, 2.75) is 6.92 Å². The number of nitrogens with one attached hydrogen (secondary N) is 1. The molecule has 0 aliphatic carbocycles. The number of amides is 1. The number of rotatable bonds is 3. The van der Waals surface area contributed by atoms with Gasteiger partial charge in [0, 0.05) is 28.5 Å². The summed E-state index contributed by atoms with van der Waals surface area (Å²) in [6.45, 7) is 1.71. The highest BCUT2D eigenvalue weighted by Crippen LogP contribution is 2.24. The van der Waals surface area contributed by atoms with E-state index in [0.717, 1.165) is 0 Å². The van der Waals surface area contributed by atoms with Crippen LogP contribution < -0.4 is 5.43 Å². The molecule has 0 saturated carbocycles. The number of hydrogen-bond acceptors (Lipinski definition) is 5. The standard InChI is InChI=1S/C14H12BrN3O3/c1-8-2-11(19)4-13(20)12(8)7-17-18-14(21)9-3-10(15)6-16-5-9/h2-7,19-20H,1H3,(H,18,21)/b17-7+. The number of aryl methyl sites for hydroxylation is 1. The average Bonchev–Trinajstić information content (AvgIpc) is 2.41. The summed E-state index contributed by atoms with van der Waals surface area (Å²) < 4.78 is 0.686. The zero-order chi connectivity index (χ0) is 15.4. The van der Waals surface area contributed by atoms with Crippen LogP contribution in [-0.4, -0.2) is 27.3 Å². The summed E-state index contributed by atoms with van der Waals surface area (Å²) >= 11 is 3.22. The maximum Gasteiger partial charge on any atom is 0.272 e. The summed E-state index contributed by atoms with van der Waals surface area (Å²) in [7, 11) is 0. The average molecular weight is 350 g/mol. The second-order valence-electron chi connectivity index (χ2n) is 4.29. The number of carbonyl (C=O) groups excluding carboxylic acids is 1. The highest BCUT2D eigenvalue weighted by Gasteiger charge is 2.07. The Morgan fingerprint density at radius 3 is 2.76 bits per heavy atom. The molecule has 108 valence electrons. The van der Waals surface area contributed by atoms with Gasteiger partial charge in [0.25, 0.3) is 5.91 Å². The van der Waals surface area contributed by atoms with Crippen molar-refractivity contribution in [2.24, 2.45) is 5.10 Å². The topological polar surface area (TPSA) is 94.8 Å². The van der Waals surface area contributed by atoms with Crippen LogP contribution in [0.5, 0.6) is 11.5 Å². The van der Waals surface area contributed by atoms with E-state index in [1.54, 1.807) is 19.2 Å². The van der Waals surface area contributed by atoms with Crippen molar-refractivity contribution in [3.63, 3.8) is 0 Å². The molecule has 1 amide bonds. The largest absolute Gasteiger partial charge is 0.508 e. The summed E-state index contributed by atoms with van der Waals surface area (Å²) in [5.41, 5.74) is 3.75.